The zero-order chi connectivity index (χ0) is 15.5. The van der Waals surface area contributed by atoms with E-state index in [-0.39, 0.29) is 30.4 Å². The molecular weight excluding hydrogens is 302 g/mol. The maximum atomic E-state index is 12.4. The molecule has 1 unspecified atom stereocenters. The molecule has 1 aliphatic heterocycles. The molecule has 0 spiro atoms. The lowest BCUT2D eigenvalue weighted by Crippen LogP contribution is -2.43. The molecule has 1 aliphatic carbocycles. The minimum absolute atomic E-state index is 0.0672. The highest BCUT2D eigenvalue weighted by molar-refractivity contribution is 7.13. The van der Waals surface area contributed by atoms with E-state index in [1.807, 2.05) is 12.3 Å². The van der Waals surface area contributed by atoms with E-state index in [9.17, 15) is 9.59 Å². The van der Waals surface area contributed by atoms with Crippen molar-refractivity contribution in [3.05, 3.63) is 11.1 Å². The van der Waals surface area contributed by atoms with Crippen molar-refractivity contribution in [1.29, 1.82) is 0 Å². The summed E-state index contributed by atoms with van der Waals surface area (Å²) in [4.78, 5) is 30.4. The Hall–Kier alpha value is -1.47. The highest BCUT2D eigenvalue weighted by Gasteiger charge is 2.35. The number of carbonyl (C=O) groups excluding carboxylic acids is 2. The maximum Gasteiger partial charge on any atom is 0.245 e. The molecule has 120 valence electrons. The number of carbonyl (C=O) groups is 2. The molecule has 2 aliphatic rings. The Kier molecular flexibility index (Phi) is 4.73. The van der Waals surface area contributed by atoms with Crippen LogP contribution in [0.4, 0.5) is 5.13 Å². The Labute approximate surface area is 133 Å². The van der Waals surface area contributed by atoms with E-state index in [2.05, 4.69) is 10.3 Å². The number of aryl methyl sites for hydroxylation is 1. The second kappa shape index (κ2) is 6.75. The van der Waals surface area contributed by atoms with Crippen LogP contribution < -0.4 is 5.32 Å². The molecular formula is C15H21N3O3S. The van der Waals surface area contributed by atoms with Gasteiger partial charge in [0.1, 0.15) is 6.54 Å². The van der Waals surface area contributed by atoms with Gasteiger partial charge in [-0.25, -0.2) is 4.98 Å². The van der Waals surface area contributed by atoms with Gasteiger partial charge in [-0.3, -0.25) is 9.59 Å². The molecule has 0 aromatic carbocycles. The second-order valence-corrected chi connectivity index (χ2v) is 6.83. The van der Waals surface area contributed by atoms with Crippen molar-refractivity contribution in [2.75, 3.05) is 25.0 Å². The fraction of sp³-hybridized carbons (Fsp3) is 0.667. The Morgan fingerprint density at radius 2 is 2.27 bits per heavy atom. The molecule has 3 rings (SSSR count). The fourth-order valence-corrected chi connectivity index (χ4v) is 3.30. The van der Waals surface area contributed by atoms with Crippen LogP contribution in [0, 0.1) is 12.8 Å². The molecule has 1 saturated heterocycles. The van der Waals surface area contributed by atoms with Crippen molar-refractivity contribution < 1.29 is 14.3 Å². The molecule has 2 heterocycles. The summed E-state index contributed by atoms with van der Waals surface area (Å²) in [5.74, 6) is -0.00127. The minimum Gasteiger partial charge on any atom is -0.376 e. The Balaban J connectivity index is 1.58. The smallest absolute Gasteiger partial charge is 0.245 e. The first kappa shape index (κ1) is 15.4. The molecule has 1 aromatic rings. The summed E-state index contributed by atoms with van der Waals surface area (Å²) < 4.78 is 5.60. The van der Waals surface area contributed by atoms with E-state index in [0.717, 1.165) is 38.0 Å². The highest BCUT2D eigenvalue weighted by atomic mass is 32.1. The molecule has 1 saturated carbocycles. The van der Waals surface area contributed by atoms with Gasteiger partial charge < -0.3 is 15.0 Å². The van der Waals surface area contributed by atoms with Gasteiger partial charge in [-0.15, -0.1) is 11.3 Å². The maximum absolute atomic E-state index is 12.4. The molecule has 1 aromatic heterocycles. The summed E-state index contributed by atoms with van der Waals surface area (Å²) in [5.41, 5.74) is 0.880. The summed E-state index contributed by atoms with van der Waals surface area (Å²) in [6.45, 7) is 3.22. The quantitative estimate of drug-likeness (QED) is 0.866. The van der Waals surface area contributed by atoms with Crippen LogP contribution in [-0.2, 0) is 14.3 Å². The van der Waals surface area contributed by atoms with Gasteiger partial charge in [0.05, 0.1) is 11.8 Å². The third-order valence-corrected chi connectivity index (χ3v) is 4.76. The largest absolute Gasteiger partial charge is 0.376 e. The number of anilines is 1. The van der Waals surface area contributed by atoms with Crippen LogP contribution in [0.15, 0.2) is 5.38 Å². The van der Waals surface area contributed by atoms with Gasteiger partial charge in [-0.05, 0) is 32.6 Å². The molecule has 7 heteroatoms. The van der Waals surface area contributed by atoms with Crippen LogP contribution >= 0.6 is 11.3 Å². The first-order valence-electron chi connectivity index (χ1n) is 7.74. The van der Waals surface area contributed by atoms with Crippen molar-refractivity contribution in [2.24, 2.45) is 5.92 Å². The molecule has 0 radical (unpaired) electrons. The molecule has 2 amide bonds. The fourth-order valence-electron chi connectivity index (χ4n) is 2.60. The number of ether oxygens (including phenoxy) is 1. The van der Waals surface area contributed by atoms with Gasteiger partial charge in [0.25, 0.3) is 0 Å². The number of rotatable bonds is 6. The zero-order valence-electron chi connectivity index (χ0n) is 12.7. The summed E-state index contributed by atoms with van der Waals surface area (Å²) in [7, 11) is 0. The highest BCUT2D eigenvalue weighted by Crippen LogP contribution is 2.31. The number of nitrogens with zero attached hydrogens (tertiary/aromatic N) is 2. The summed E-state index contributed by atoms with van der Waals surface area (Å²) in [5, 5.41) is 5.23. The van der Waals surface area contributed by atoms with Gasteiger partial charge in [0.2, 0.25) is 11.8 Å². The lowest BCUT2D eigenvalue weighted by molar-refractivity contribution is -0.137. The van der Waals surface area contributed by atoms with E-state index in [1.54, 1.807) is 4.90 Å². The van der Waals surface area contributed by atoms with E-state index in [0.29, 0.717) is 11.7 Å². The van der Waals surface area contributed by atoms with Crippen LogP contribution in [-0.4, -0.2) is 47.5 Å². The summed E-state index contributed by atoms with van der Waals surface area (Å²) in [6.07, 6.45) is 3.93. The predicted molar refractivity (Wildman–Crippen MR) is 83.8 cm³/mol. The van der Waals surface area contributed by atoms with Gasteiger partial charge in [-0.2, -0.15) is 0 Å². The number of amides is 2. The molecule has 6 nitrogen and oxygen atoms in total. The van der Waals surface area contributed by atoms with E-state index in [4.69, 9.17) is 4.74 Å². The average Bonchev–Trinajstić information content (AvgIpc) is 3.06. The van der Waals surface area contributed by atoms with Gasteiger partial charge in [0.15, 0.2) is 5.13 Å². The van der Waals surface area contributed by atoms with E-state index in [1.165, 1.54) is 11.3 Å². The molecule has 1 atom stereocenters. The lowest BCUT2D eigenvalue weighted by Gasteiger charge is -2.24. The average molecular weight is 323 g/mol. The van der Waals surface area contributed by atoms with Crippen molar-refractivity contribution in [3.63, 3.8) is 0 Å². The lowest BCUT2D eigenvalue weighted by atomic mass is 10.2. The Morgan fingerprint density at radius 1 is 1.45 bits per heavy atom. The first-order valence-corrected chi connectivity index (χ1v) is 8.62. The summed E-state index contributed by atoms with van der Waals surface area (Å²) in [6, 6.07) is 0. The van der Waals surface area contributed by atoms with Gasteiger partial charge in [0, 0.05) is 24.4 Å². The number of hydrogen-bond donors (Lipinski definition) is 1. The third-order valence-electron chi connectivity index (χ3n) is 3.89. The van der Waals surface area contributed by atoms with Crippen LogP contribution in [0.5, 0.6) is 0 Å². The SMILES string of the molecule is Cc1csc(NC(=O)CN(CC2CCCO2)C(=O)C2CC2)n1. The number of thiazole rings is 1. The molecule has 1 N–H and O–H groups in total. The van der Waals surface area contributed by atoms with Crippen LogP contribution in [0.25, 0.3) is 0 Å². The number of hydrogen-bond acceptors (Lipinski definition) is 5. The van der Waals surface area contributed by atoms with Gasteiger partial charge in [-0.1, -0.05) is 0 Å². The molecule has 22 heavy (non-hydrogen) atoms. The van der Waals surface area contributed by atoms with Gasteiger partial charge >= 0.3 is 0 Å². The topological polar surface area (TPSA) is 71.5 Å². The van der Waals surface area contributed by atoms with Crippen LogP contribution in [0.1, 0.15) is 31.4 Å². The second-order valence-electron chi connectivity index (χ2n) is 5.97. The predicted octanol–water partition coefficient (Wildman–Crippen LogP) is 1.81. The molecule has 0 bridgehead atoms. The van der Waals surface area contributed by atoms with Crippen LogP contribution in [0.2, 0.25) is 0 Å². The van der Waals surface area contributed by atoms with Crippen molar-refractivity contribution in [1.82, 2.24) is 9.88 Å². The standard InChI is InChI=1S/C15H21N3O3S/c1-10-9-22-15(16-10)17-13(19)8-18(14(20)11-4-5-11)7-12-3-2-6-21-12/h9,11-12H,2-8H2,1H3,(H,16,17,19). The zero-order valence-corrected chi connectivity index (χ0v) is 13.5. The van der Waals surface area contributed by atoms with Crippen molar-refractivity contribution in [2.45, 2.75) is 38.7 Å². The van der Waals surface area contributed by atoms with E-state index < -0.39 is 0 Å². The Bertz CT molecular complexity index is 550. The van der Waals surface area contributed by atoms with E-state index >= 15 is 0 Å². The normalized spacial score (nSPS) is 20.9. The third kappa shape index (κ3) is 4.04. The number of nitrogens with one attached hydrogen (secondary N) is 1. The Morgan fingerprint density at radius 3 is 2.86 bits per heavy atom. The van der Waals surface area contributed by atoms with Crippen molar-refractivity contribution in [3.8, 4) is 0 Å². The molecule has 2 fully saturated rings. The first-order chi connectivity index (χ1) is 10.6. The van der Waals surface area contributed by atoms with Crippen molar-refractivity contribution >= 4 is 28.3 Å². The summed E-state index contributed by atoms with van der Waals surface area (Å²) >= 11 is 1.39. The minimum atomic E-state index is -0.193. The van der Waals surface area contributed by atoms with Crippen LogP contribution in [0.3, 0.4) is 0 Å². The number of aromatic nitrogens is 1. The monoisotopic (exact) mass is 323 g/mol.